The van der Waals surface area contributed by atoms with Crippen LogP contribution in [0.5, 0.6) is 0 Å². The summed E-state index contributed by atoms with van der Waals surface area (Å²) in [6, 6.07) is 9.16. The Morgan fingerprint density at radius 3 is 2.65 bits per heavy atom. The zero-order chi connectivity index (χ0) is 11.9. The summed E-state index contributed by atoms with van der Waals surface area (Å²) in [6.45, 7) is 2.20. The normalized spacial score (nSPS) is 18.6. The number of hydrogen-bond donors (Lipinski definition) is 0. The van der Waals surface area contributed by atoms with Crippen molar-refractivity contribution in [3.05, 3.63) is 46.3 Å². The molecular formula is C15H16O2. The van der Waals surface area contributed by atoms with Gasteiger partial charge in [-0.05, 0) is 25.0 Å². The van der Waals surface area contributed by atoms with Gasteiger partial charge in [0.15, 0.2) is 5.43 Å². The zero-order valence-corrected chi connectivity index (χ0v) is 10.0. The molecule has 0 aliphatic heterocycles. The maximum Gasteiger partial charge on any atom is 0.192 e. The summed E-state index contributed by atoms with van der Waals surface area (Å²) in [4.78, 5) is 12.0. The average Bonchev–Trinajstić information content (AvgIpc) is 2.78. The minimum absolute atomic E-state index is 0.0587. The molecule has 0 unspecified atom stereocenters. The van der Waals surface area contributed by atoms with Crippen molar-refractivity contribution in [3.63, 3.8) is 0 Å². The highest BCUT2D eigenvalue weighted by molar-refractivity contribution is 5.76. The van der Waals surface area contributed by atoms with Crippen molar-refractivity contribution in [2.45, 2.75) is 38.0 Å². The number of fused-ring (bicyclic) bond motifs is 1. The van der Waals surface area contributed by atoms with E-state index in [-0.39, 0.29) is 10.8 Å². The van der Waals surface area contributed by atoms with Crippen molar-refractivity contribution in [2.24, 2.45) is 0 Å². The van der Waals surface area contributed by atoms with Gasteiger partial charge in [-0.25, -0.2) is 0 Å². The van der Waals surface area contributed by atoms with E-state index in [0.717, 1.165) is 18.6 Å². The Morgan fingerprint density at radius 1 is 1.18 bits per heavy atom. The van der Waals surface area contributed by atoms with Crippen LogP contribution in [-0.4, -0.2) is 0 Å². The lowest BCUT2D eigenvalue weighted by Crippen LogP contribution is -2.19. The van der Waals surface area contributed by atoms with Crippen LogP contribution in [0.25, 0.3) is 11.0 Å². The highest BCUT2D eigenvalue weighted by atomic mass is 16.3. The van der Waals surface area contributed by atoms with E-state index in [1.54, 1.807) is 6.07 Å². The van der Waals surface area contributed by atoms with Gasteiger partial charge in [-0.1, -0.05) is 31.9 Å². The molecule has 17 heavy (non-hydrogen) atoms. The Kier molecular flexibility index (Phi) is 2.32. The molecule has 1 heterocycles. The summed E-state index contributed by atoms with van der Waals surface area (Å²) in [7, 11) is 0. The Labute approximate surface area is 100 Å². The summed E-state index contributed by atoms with van der Waals surface area (Å²) in [6.07, 6.45) is 4.70. The van der Waals surface area contributed by atoms with E-state index in [1.807, 2.05) is 24.3 Å². The van der Waals surface area contributed by atoms with Crippen LogP contribution < -0.4 is 5.43 Å². The first-order valence-electron chi connectivity index (χ1n) is 6.22. The molecule has 2 nitrogen and oxygen atoms in total. The van der Waals surface area contributed by atoms with Gasteiger partial charge in [0.2, 0.25) is 0 Å². The molecule has 0 amide bonds. The Bertz CT molecular complexity index is 604. The fourth-order valence-corrected chi connectivity index (χ4v) is 2.80. The van der Waals surface area contributed by atoms with Crippen molar-refractivity contribution in [1.29, 1.82) is 0 Å². The van der Waals surface area contributed by atoms with Crippen molar-refractivity contribution >= 4 is 11.0 Å². The smallest absolute Gasteiger partial charge is 0.192 e. The van der Waals surface area contributed by atoms with E-state index >= 15 is 0 Å². The molecule has 1 aliphatic rings. The van der Waals surface area contributed by atoms with Crippen molar-refractivity contribution in [1.82, 2.24) is 0 Å². The van der Waals surface area contributed by atoms with E-state index in [9.17, 15) is 4.79 Å². The highest BCUT2D eigenvalue weighted by Crippen LogP contribution is 2.40. The molecule has 1 aliphatic carbocycles. The minimum atomic E-state index is 0.0587. The standard InChI is InChI=1S/C15H16O2/c1-15(8-4-5-9-15)14-10-12(16)11-6-2-3-7-13(11)17-14/h2-3,6-7,10H,4-5,8-9H2,1H3. The van der Waals surface area contributed by atoms with Gasteiger partial charge in [0.25, 0.3) is 0 Å². The van der Waals surface area contributed by atoms with Crippen molar-refractivity contribution in [2.75, 3.05) is 0 Å². The van der Waals surface area contributed by atoms with E-state index in [0.29, 0.717) is 11.0 Å². The number of benzene rings is 1. The molecule has 0 atom stereocenters. The van der Waals surface area contributed by atoms with E-state index < -0.39 is 0 Å². The lowest BCUT2D eigenvalue weighted by atomic mass is 9.85. The predicted molar refractivity (Wildman–Crippen MR) is 68.3 cm³/mol. The molecule has 0 saturated heterocycles. The first kappa shape index (κ1) is 10.6. The second-order valence-corrected chi connectivity index (χ2v) is 5.24. The van der Waals surface area contributed by atoms with Gasteiger partial charge in [-0.2, -0.15) is 0 Å². The van der Waals surface area contributed by atoms with Gasteiger partial charge in [0.1, 0.15) is 11.3 Å². The molecule has 0 spiro atoms. The zero-order valence-electron chi connectivity index (χ0n) is 10.0. The van der Waals surface area contributed by atoms with Gasteiger partial charge >= 0.3 is 0 Å². The first-order valence-corrected chi connectivity index (χ1v) is 6.22. The second kappa shape index (κ2) is 3.73. The van der Waals surface area contributed by atoms with Gasteiger partial charge in [0, 0.05) is 11.5 Å². The van der Waals surface area contributed by atoms with Crippen LogP contribution in [0.3, 0.4) is 0 Å². The van der Waals surface area contributed by atoms with Gasteiger partial charge in [-0.3, -0.25) is 4.79 Å². The van der Waals surface area contributed by atoms with Crippen LogP contribution in [0.2, 0.25) is 0 Å². The fraction of sp³-hybridized carbons (Fsp3) is 0.400. The van der Waals surface area contributed by atoms with E-state index in [4.69, 9.17) is 4.42 Å². The van der Waals surface area contributed by atoms with Crippen LogP contribution in [0.4, 0.5) is 0 Å². The Hall–Kier alpha value is -1.57. The quantitative estimate of drug-likeness (QED) is 0.746. The molecule has 1 fully saturated rings. The molecule has 1 saturated carbocycles. The van der Waals surface area contributed by atoms with Crippen molar-refractivity contribution in [3.8, 4) is 0 Å². The van der Waals surface area contributed by atoms with Gasteiger partial charge < -0.3 is 4.42 Å². The average molecular weight is 228 g/mol. The predicted octanol–water partition coefficient (Wildman–Crippen LogP) is 3.62. The largest absolute Gasteiger partial charge is 0.460 e. The monoisotopic (exact) mass is 228 g/mol. The molecule has 2 aromatic rings. The minimum Gasteiger partial charge on any atom is -0.460 e. The molecular weight excluding hydrogens is 212 g/mol. The van der Waals surface area contributed by atoms with E-state index in [2.05, 4.69) is 6.92 Å². The van der Waals surface area contributed by atoms with Crippen LogP contribution in [0.1, 0.15) is 38.4 Å². The first-order chi connectivity index (χ1) is 8.19. The lowest BCUT2D eigenvalue weighted by Gasteiger charge is -2.22. The number of hydrogen-bond acceptors (Lipinski definition) is 2. The lowest BCUT2D eigenvalue weighted by molar-refractivity contribution is 0.374. The number of para-hydroxylation sites is 1. The summed E-state index contributed by atoms with van der Waals surface area (Å²) in [5, 5.41) is 0.679. The molecule has 2 heteroatoms. The second-order valence-electron chi connectivity index (χ2n) is 5.24. The summed E-state index contributed by atoms with van der Waals surface area (Å²) in [5.74, 6) is 0.860. The number of rotatable bonds is 1. The third-order valence-electron chi connectivity index (χ3n) is 3.94. The molecule has 0 radical (unpaired) electrons. The topological polar surface area (TPSA) is 30.2 Å². The molecule has 1 aromatic carbocycles. The third-order valence-corrected chi connectivity index (χ3v) is 3.94. The van der Waals surface area contributed by atoms with Gasteiger partial charge in [0.05, 0.1) is 5.39 Å². The summed E-state index contributed by atoms with van der Waals surface area (Å²) >= 11 is 0. The van der Waals surface area contributed by atoms with Gasteiger partial charge in [-0.15, -0.1) is 0 Å². The van der Waals surface area contributed by atoms with E-state index in [1.165, 1.54) is 12.8 Å². The van der Waals surface area contributed by atoms with Crippen LogP contribution in [0, 0.1) is 0 Å². The highest BCUT2D eigenvalue weighted by Gasteiger charge is 2.33. The molecule has 88 valence electrons. The van der Waals surface area contributed by atoms with Crippen LogP contribution >= 0.6 is 0 Å². The fourth-order valence-electron chi connectivity index (χ4n) is 2.80. The molecule has 0 N–H and O–H groups in total. The Morgan fingerprint density at radius 2 is 1.88 bits per heavy atom. The molecule has 0 bridgehead atoms. The van der Waals surface area contributed by atoms with Crippen LogP contribution in [-0.2, 0) is 5.41 Å². The molecule has 3 rings (SSSR count). The van der Waals surface area contributed by atoms with Crippen LogP contribution in [0.15, 0.2) is 39.5 Å². The third kappa shape index (κ3) is 1.68. The molecule has 1 aromatic heterocycles. The maximum atomic E-state index is 12.0. The summed E-state index contributed by atoms with van der Waals surface area (Å²) in [5.41, 5.74) is 0.849. The van der Waals surface area contributed by atoms with Crippen molar-refractivity contribution < 1.29 is 4.42 Å². The summed E-state index contributed by atoms with van der Waals surface area (Å²) < 4.78 is 5.93. The Balaban J connectivity index is 2.22. The maximum absolute atomic E-state index is 12.0. The SMILES string of the molecule is CC1(c2cc(=O)c3ccccc3o2)CCCC1.